The first-order valence-corrected chi connectivity index (χ1v) is 5.28. The van der Waals surface area contributed by atoms with E-state index in [9.17, 15) is 0 Å². The van der Waals surface area contributed by atoms with Gasteiger partial charge in [0.2, 0.25) is 0 Å². The molecule has 0 fully saturated rings. The Morgan fingerprint density at radius 1 is 1.45 bits per heavy atom. The minimum Gasteiger partial charge on any atom is -0.376 e. The van der Waals surface area contributed by atoms with E-state index in [0.29, 0.717) is 5.37 Å². The van der Waals surface area contributed by atoms with Gasteiger partial charge in [0.05, 0.1) is 5.37 Å². The molecule has 1 aliphatic heterocycles. The molecule has 1 N–H and O–H groups in total. The van der Waals surface area contributed by atoms with Crippen molar-refractivity contribution in [1.29, 1.82) is 0 Å². The highest BCUT2D eigenvalue weighted by Gasteiger charge is 2.18. The van der Waals surface area contributed by atoms with Crippen LogP contribution in [0.5, 0.6) is 0 Å². The Balaban J connectivity index is 2.45. The molecule has 0 aliphatic carbocycles. The van der Waals surface area contributed by atoms with Gasteiger partial charge in [0, 0.05) is 10.6 Å². The van der Waals surface area contributed by atoms with Crippen LogP contribution in [-0.2, 0) is 0 Å². The van der Waals surface area contributed by atoms with Crippen LogP contribution in [0, 0.1) is 0 Å². The Hall–Kier alpha value is -0.110. The van der Waals surface area contributed by atoms with Crippen molar-refractivity contribution in [3.63, 3.8) is 0 Å². The van der Waals surface area contributed by atoms with Crippen LogP contribution < -0.4 is 5.32 Å². The van der Waals surface area contributed by atoms with Crippen molar-refractivity contribution < 1.29 is 0 Å². The summed E-state index contributed by atoms with van der Waals surface area (Å²) >= 11 is 1.98. The van der Waals surface area contributed by atoms with E-state index in [4.69, 9.17) is 0 Å². The minimum atomic E-state index is 0.650. The first-order valence-electron chi connectivity index (χ1n) is 4.40. The van der Waals surface area contributed by atoms with Gasteiger partial charge in [-0.2, -0.15) is 0 Å². The zero-order chi connectivity index (χ0) is 8.27. The summed E-state index contributed by atoms with van der Waals surface area (Å²) in [7, 11) is 0. The molecule has 2 heteroatoms. The molecule has 1 nitrogen and oxygen atoms in total. The monoisotopic (exact) mass is 171 g/mol. The van der Waals surface area contributed by atoms with Crippen LogP contribution in [0.3, 0.4) is 0 Å². The summed E-state index contributed by atoms with van der Waals surface area (Å²) in [6.45, 7) is 6.68. The highest BCUT2D eigenvalue weighted by atomic mass is 32.2. The van der Waals surface area contributed by atoms with Gasteiger partial charge in [-0.15, -0.1) is 11.8 Å². The molecule has 1 rings (SSSR count). The lowest BCUT2D eigenvalue weighted by molar-refractivity contribution is 0.691. The van der Waals surface area contributed by atoms with Gasteiger partial charge in [0.15, 0.2) is 0 Å². The van der Waals surface area contributed by atoms with Gasteiger partial charge < -0.3 is 5.32 Å². The standard InChI is InChI=1S/C9H17NS/c1-4-6-8-7(3)11-9(5-2)10-8/h9-10H,4-6H2,1-3H3. The van der Waals surface area contributed by atoms with Gasteiger partial charge >= 0.3 is 0 Å². The third-order valence-electron chi connectivity index (χ3n) is 1.95. The molecule has 0 saturated heterocycles. The molecule has 11 heavy (non-hydrogen) atoms. The fourth-order valence-electron chi connectivity index (χ4n) is 1.29. The number of allylic oxidation sites excluding steroid dienone is 2. The van der Waals surface area contributed by atoms with Crippen molar-refractivity contribution in [2.24, 2.45) is 0 Å². The van der Waals surface area contributed by atoms with Crippen LogP contribution in [0.1, 0.15) is 40.0 Å². The Bertz CT molecular complexity index is 163. The van der Waals surface area contributed by atoms with Crippen molar-refractivity contribution in [3.8, 4) is 0 Å². The summed E-state index contributed by atoms with van der Waals surface area (Å²) in [6.07, 6.45) is 3.68. The number of hydrogen-bond acceptors (Lipinski definition) is 2. The largest absolute Gasteiger partial charge is 0.376 e. The second-order valence-corrected chi connectivity index (χ2v) is 4.36. The van der Waals surface area contributed by atoms with Crippen molar-refractivity contribution >= 4 is 11.8 Å². The fourth-order valence-corrected chi connectivity index (χ4v) is 2.39. The predicted octanol–water partition coefficient (Wildman–Crippen LogP) is 3.09. The summed E-state index contributed by atoms with van der Waals surface area (Å²) in [5.74, 6) is 0. The van der Waals surface area contributed by atoms with Crippen LogP contribution in [0.25, 0.3) is 0 Å². The maximum atomic E-state index is 3.53. The molecule has 0 aromatic rings. The average Bonchev–Trinajstić information content (AvgIpc) is 2.33. The molecule has 0 bridgehead atoms. The van der Waals surface area contributed by atoms with Crippen molar-refractivity contribution in [2.45, 2.75) is 45.4 Å². The second kappa shape index (κ2) is 4.05. The van der Waals surface area contributed by atoms with Gasteiger partial charge in [-0.25, -0.2) is 0 Å². The maximum absolute atomic E-state index is 3.53. The van der Waals surface area contributed by atoms with Crippen molar-refractivity contribution in [2.75, 3.05) is 0 Å². The molecule has 0 aromatic carbocycles. The van der Waals surface area contributed by atoms with Crippen LogP contribution in [0.2, 0.25) is 0 Å². The molecular weight excluding hydrogens is 154 g/mol. The number of nitrogens with one attached hydrogen (secondary N) is 1. The zero-order valence-electron chi connectivity index (χ0n) is 7.61. The van der Waals surface area contributed by atoms with Crippen LogP contribution in [0.15, 0.2) is 10.6 Å². The van der Waals surface area contributed by atoms with Crippen LogP contribution >= 0.6 is 11.8 Å². The SMILES string of the molecule is CCCC1=C(C)SC(CC)N1. The molecule has 1 atom stereocenters. The molecule has 0 spiro atoms. The Morgan fingerprint density at radius 2 is 2.18 bits per heavy atom. The molecule has 1 aliphatic rings. The first-order chi connectivity index (χ1) is 5.27. The highest BCUT2D eigenvalue weighted by molar-refractivity contribution is 8.03. The highest BCUT2D eigenvalue weighted by Crippen LogP contribution is 2.32. The molecule has 0 radical (unpaired) electrons. The molecule has 0 aromatic heterocycles. The molecular formula is C9H17NS. The van der Waals surface area contributed by atoms with E-state index >= 15 is 0 Å². The Morgan fingerprint density at radius 3 is 2.64 bits per heavy atom. The summed E-state index contributed by atoms with van der Waals surface area (Å²) in [4.78, 5) is 1.50. The Kier molecular flexibility index (Phi) is 3.31. The number of rotatable bonds is 3. The first kappa shape index (κ1) is 8.98. The quantitative estimate of drug-likeness (QED) is 0.700. The lowest BCUT2D eigenvalue weighted by atomic mass is 10.2. The van der Waals surface area contributed by atoms with Crippen molar-refractivity contribution in [1.82, 2.24) is 5.32 Å². The van der Waals surface area contributed by atoms with E-state index in [1.807, 2.05) is 11.8 Å². The molecule has 0 saturated carbocycles. The van der Waals surface area contributed by atoms with Gasteiger partial charge in [-0.05, 0) is 19.8 Å². The van der Waals surface area contributed by atoms with E-state index in [-0.39, 0.29) is 0 Å². The summed E-state index contributed by atoms with van der Waals surface area (Å²) in [5.41, 5.74) is 1.48. The third-order valence-corrected chi connectivity index (χ3v) is 3.29. The van der Waals surface area contributed by atoms with Gasteiger partial charge in [0.25, 0.3) is 0 Å². The lowest BCUT2D eigenvalue weighted by Crippen LogP contribution is -2.18. The Labute approximate surface area is 73.6 Å². The smallest absolute Gasteiger partial charge is 0.0761 e. The fraction of sp³-hybridized carbons (Fsp3) is 0.778. The summed E-state index contributed by atoms with van der Waals surface area (Å²) in [6, 6.07) is 0. The maximum Gasteiger partial charge on any atom is 0.0761 e. The third kappa shape index (κ3) is 2.16. The molecule has 0 amide bonds. The van der Waals surface area contributed by atoms with E-state index in [1.165, 1.54) is 29.9 Å². The van der Waals surface area contributed by atoms with E-state index in [2.05, 4.69) is 26.1 Å². The predicted molar refractivity (Wildman–Crippen MR) is 52.4 cm³/mol. The average molecular weight is 171 g/mol. The van der Waals surface area contributed by atoms with E-state index in [1.54, 1.807) is 0 Å². The number of hydrogen-bond donors (Lipinski definition) is 1. The van der Waals surface area contributed by atoms with Gasteiger partial charge in [0.1, 0.15) is 0 Å². The van der Waals surface area contributed by atoms with Crippen molar-refractivity contribution in [3.05, 3.63) is 10.6 Å². The zero-order valence-corrected chi connectivity index (χ0v) is 8.42. The summed E-state index contributed by atoms with van der Waals surface area (Å²) in [5, 5.41) is 4.18. The number of thioether (sulfide) groups is 1. The van der Waals surface area contributed by atoms with E-state index < -0.39 is 0 Å². The van der Waals surface area contributed by atoms with Crippen LogP contribution in [0.4, 0.5) is 0 Å². The second-order valence-electron chi connectivity index (χ2n) is 2.94. The minimum absolute atomic E-state index is 0.650. The lowest BCUT2D eigenvalue weighted by Gasteiger charge is -2.08. The molecule has 1 unspecified atom stereocenters. The normalized spacial score (nSPS) is 24.1. The topological polar surface area (TPSA) is 12.0 Å². The van der Waals surface area contributed by atoms with Gasteiger partial charge in [-0.1, -0.05) is 20.3 Å². The van der Waals surface area contributed by atoms with Gasteiger partial charge in [-0.3, -0.25) is 0 Å². The summed E-state index contributed by atoms with van der Waals surface area (Å²) < 4.78 is 0. The van der Waals surface area contributed by atoms with Crippen LogP contribution in [-0.4, -0.2) is 5.37 Å². The van der Waals surface area contributed by atoms with E-state index in [0.717, 1.165) is 0 Å². The molecule has 64 valence electrons. The molecule has 1 heterocycles.